The molecule has 0 saturated heterocycles. The maximum Gasteiger partial charge on any atom is 0.256 e. The molecule has 0 aromatic heterocycles. The zero-order chi connectivity index (χ0) is 17.2. The normalized spacial score (nSPS) is 13.4. The molecule has 25 heavy (non-hydrogen) atoms. The van der Waals surface area contributed by atoms with Gasteiger partial charge in [0.15, 0.2) is 0 Å². The number of nitrogens with one attached hydrogen (secondary N) is 2. The number of anilines is 2. The van der Waals surface area contributed by atoms with E-state index in [9.17, 15) is 9.59 Å². The Balaban J connectivity index is 1.55. The topological polar surface area (TPSA) is 58.2 Å². The molecule has 1 aliphatic carbocycles. The Hall–Kier alpha value is -3.14. The molecule has 2 N–H and O–H groups in total. The summed E-state index contributed by atoms with van der Waals surface area (Å²) in [7, 11) is 0. The first-order chi connectivity index (χ1) is 12.2. The minimum atomic E-state index is -0.164. The third-order valence-electron chi connectivity index (χ3n) is 4.37. The molecule has 0 aliphatic heterocycles. The van der Waals surface area contributed by atoms with Gasteiger partial charge in [-0.2, -0.15) is 0 Å². The zero-order valence-corrected chi connectivity index (χ0v) is 13.7. The third-order valence-corrected chi connectivity index (χ3v) is 4.37. The van der Waals surface area contributed by atoms with Crippen molar-refractivity contribution in [3.05, 3.63) is 72.3 Å². The molecule has 0 spiro atoms. The fourth-order valence-electron chi connectivity index (χ4n) is 2.89. The van der Waals surface area contributed by atoms with Crippen LogP contribution >= 0.6 is 0 Å². The number of amides is 2. The lowest BCUT2D eigenvalue weighted by atomic mass is 10.0. The van der Waals surface area contributed by atoms with Crippen LogP contribution in [0, 0.1) is 5.92 Å². The SMILES string of the molecule is O=C(Nc1cccc(NC(=O)C2CC2)c1)c1cccc2ccccc12. The van der Waals surface area contributed by atoms with Gasteiger partial charge in [-0.05, 0) is 47.9 Å². The van der Waals surface area contributed by atoms with Crippen molar-refractivity contribution in [2.75, 3.05) is 10.6 Å². The molecule has 124 valence electrons. The van der Waals surface area contributed by atoms with Gasteiger partial charge < -0.3 is 10.6 Å². The summed E-state index contributed by atoms with van der Waals surface area (Å²) in [5, 5.41) is 7.76. The fourth-order valence-corrected chi connectivity index (χ4v) is 2.89. The number of hydrogen-bond donors (Lipinski definition) is 2. The van der Waals surface area contributed by atoms with Crippen LogP contribution in [0.1, 0.15) is 23.2 Å². The van der Waals surface area contributed by atoms with Crippen LogP contribution in [-0.2, 0) is 4.79 Å². The average molecular weight is 330 g/mol. The van der Waals surface area contributed by atoms with Crippen molar-refractivity contribution in [2.24, 2.45) is 5.92 Å². The summed E-state index contributed by atoms with van der Waals surface area (Å²) < 4.78 is 0. The van der Waals surface area contributed by atoms with E-state index in [-0.39, 0.29) is 17.7 Å². The Morgan fingerprint density at radius 2 is 1.48 bits per heavy atom. The smallest absolute Gasteiger partial charge is 0.256 e. The van der Waals surface area contributed by atoms with E-state index in [1.807, 2.05) is 60.7 Å². The van der Waals surface area contributed by atoms with Gasteiger partial charge in [0, 0.05) is 22.9 Å². The number of benzene rings is 3. The predicted molar refractivity (Wildman–Crippen MR) is 99.7 cm³/mol. The molecule has 0 bridgehead atoms. The summed E-state index contributed by atoms with van der Waals surface area (Å²) in [4.78, 5) is 24.6. The molecule has 3 aromatic rings. The molecule has 3 aromatic carbocycles. The lowest BCUT2D eigenvalue weighted by Gasteiger charge is -2.10. The molecule has 4 rings (SSSR count). The molecule has 1 saturated carbocycles. The molecule has 1 aliphatic rings. The van der Waals surface area contributed by atoms with Crippen LogP contribution in [-0.4, -0.2) is 11.8 Å². The van der Waals surface area contributed by atoms with E-state index in [1.54, 1.807) is 6.07 Å². The van der Waals surface area contributed by atoms with Crippen LogP contribution in [0.25, 0.3) is 10.8 Å². The van der Waals surface area contributed by atoms with Gasteiger partial charge in [0.2, 0.25) is 5.91 Å². The van der Waals surface area contributed by atoms with Gasteiger partial charge in [0.05, 0.1) is 0 Å². The summed E-state index contributed by atoms with van der Waals surface area (Å²) >= 11 is 0. The van der Waals surface area contributed by atoms with Crippen molar-refractivity contribution in [1.82, 2.24) is 0 Å². The zero-order valence-electron chi connectivity index (χ0n) is 13.7. The van der Waals surface area contributed by atoms with Crippen LogP contribution in [0.3, 0.4) is 0 Å². The van der Waals surface area contributed by atoms with Gasteiger partial charge in [-0.25, -0.2) is 0 Å². The molecule has 4 heteroatoms. The van der Waals surface area contributed by atoms with Gasteiger partial charge in [0.1, 0.15) is 0 Å². The molecule has 0 unspecified atom stereocenters. The molecule has 0 heterocycles. The van der Waals surface area contributed by atoms with E-state index in [1.165, 1.54) is 0 Å². The monoisotopic (exact) mass is 330 g/mol. The summed E-state index contributed by atoms with van der Waals surface area (Å²) in [5.41, 5.74) is 1.99. The molecule has 4 nitrogen and oxygen atoms in total. The van der Waals surface area contributed by atoms with Gasteiger partial charge in [0.25, 0.3) is 5.91 Å². The Kier molecular flexibility index (Phi) is 3.94. The first-order valence-electron chi connectivity index (χ1n) is 8.41. The Labute approximate surface area is 145 Å². The van der Waals surface area contributed by atoms with Crippen LogP contribution in [0.15, 0.2) is 66.7 Å². The summed E-state index contributed by atoms with van der Waals surface area (Å²) in [6.45, 7) is 0. The second-order valence-electron chi connectivity index (χ2n) is 6.33. The maximum absolute atomic E-state index is 12.7. The van der Waals surface area contributed by atoms with Crippen molar-refractivity contribution < 1.29 is 9.59 Å². The Bertz CT molecular complexity index is 956. The standard InChI is InChI=1S/C21H18N2O2/c24-20(15-11-12-15)22-16-7-4-8-17(13-16)23-21(25)19-10-3-6-14-5-1-2-9-18(14)19/h1-10,13,15H,11-12H2,(H,22,24)(H,23,25). The van der Waals surface area contributed by atoms with Crippen LogP contribution in [0.2, 0.25) is 0 Å². The predicted octanol–water partition coefficient (Wildman–Crippen LogP) is 4.44. The van der Waals surface area contributed by atoms with Crippen molar-refractivity contribution in [2.45, 2.75) is 12.8 Å². The summed E-state index contributed by atoms with van der Waals surface area (Å²) in [6, 6.07) is 20.7. The van der Waals surface area contributed by atoms with Crippen molar-refractivity contribution in [3.8, 4) is 0 Å². The van der Waals surface area contributed by atoms with Crippen molar-refractivity contribution >= 4 is 34.0 Å². The van der Waals surface area contributed by atoms with Crippen molar-refractivity contribution in [1.29, 1.82) is 0 Å². The first kappa shape index (κ1) is 15.4. The lowest BCUT2D eigenvalue weighted by molar-refractivity contribution is -0.117. The second kappa shape index (κ2) is 6.40. The quantitative estimate of drug-likeness (QED) is 0.743. The van der Waals surface area contributed by atoms with Crippen LogP contribution in [0.4, 0.5) is 11.4 Å². The first-order valence-corrected chi connectivity index (χ1v) is 8.41. The Morgan fingerprint density at radius 3 is 2.28 bits per heavy atom. The molecule has 1 fully saturated rings. The lowest BCUT2D eigenvalue weighted by Crippen LogP contribution is -2.15. The molecule has 2 amide bonds. The van der Waals surface area contributed by atoms with E-state index in [2.05, 4.69) is 10.6 Å². The van der Waals surface area contributed by atoms with Crippen LogP contribution < -0.4 is 10.6 Å². The Morgan fingerprint density at radius 1 is 0.800 bits per heavy atom. The number of carbonyl (C=O) groups excluding carboxylic acids is 2. The molecule has 0 radical (unpaired) electrons. The van der Waals surface area contributed by atoms with Gasteiger partial charge in [-0.3, -0.25) is 9.59 Å². The highest BCUT2D eigenvalue weighted by molar-refractivity contribution is 6.13. The van der Waals surface area contributed by atoms with E-state index in [0.717, 1.165) is 23.6 Å². The highest BCUT2D eigenvalue weighted by atomic mass is 16.2. The average Bonchev–Trinajstić information content (AvgIpc) is 3.47. The van der Waals surface area contributed by atoms with E-state index in [0.29, 0.717) is 16.9 Å². The molecular formula is C21H18N2O2. The van der Waals surface area contributed by atoms with Crippen molar-refractivity contribution in [3.63, 3.8) is 0 Å². The highest BCUT2D eigenvalue weighted by Gasteiger charge is 2.29. The molecular weight excluding hydrogens is 312 g/mol. The number of carbonyl (C=O) groups is 2. The minimum Gasteiger partial charge on any atom is -0.326 e. The minimum absolute atomic E-state index is 0.0533. The number of fused-ring (bicyclic) bond motifs is 1. The van der Waals surface area contributed by atoms with Gasteiger partial charge >= 0.3 is 0 Å². The van der Waals surface area contributed by atoms with E-state index in [4.69, 9.17) is 0 Å². The summed E-state index contributed by atoms with van der Waals surface area (Å²) in [5.74, 6) is 0.0360. The number of rotatable bonds is 4. The van der Waals surface area contributed by atoms with E-state index >= 15 is 0 Å². The summed E-state index contributed by atoms with van der Waals surface area (Å²) in [6.07, 6.45) is 1.92. The van der Waals surface area contributed by atoms with Gasteiger partial charge in [-0.15, -0.1) is 0 Å². The largest absolute Gasteiger partial charge is 0.326 e. The number of hydrogen-bond acceptors (Lipinski definition) is 2. The fraction of sp³-hybridized carbons (Fsp3) is 0.143. The molecule has 0 atom stereocenters. The maximum atomic E-state index is 12.7. The second-order valence-corrected chi connectivity index (χ2v) is 6.33. The third kappa shape index (κ3) is 3.38. The van der Waals surface area contributed by atoms with Gasteiger partial charge in [-0.1, -0.05) is 42.5 Å². The highest BCUT2D eigenvalue weighted by Crippen LogP contribution is 2.30. The van der Waals surface area contributed by atoms with E-state index < -0.39 is 0 Å². The van der Waals surface area contributed by atoms with Crippen LogP contribution in [0.5, 0.6) is 0 Å².